The van der Waals surface area contributed by atoms with E-state index in [1.165, 1.54) is 36.1 Å². The fourth-order valence-electron chi connectivity index (χ4n) is 3.39. The molecular formula is C19H19N3S. The van der Waals surface area contributed by atoms with Crippen LogP contribution in [0.15, 0.2) is 59.8 Å². The standard InChI is InChI=1S/C19H19N3S/c1-3-15(9-16(4-1)18-10-20-14-21-11-18)12-22-7-2-5-19(22)17-6-8-23-13-17/h1,3-4,6,8-11,13-14,19H,2,5,7,12H2. The molecule has 0 saturated carbocycles. The highest BCUT2D eigenvalue weighted by molar-refractivity contribution is 7.07. The maximum atomic E-state index is 4.12. The summed E-state index contributed by atoms with van der Waals surface area (Å²) in [5.41, 5.74) is 5.09. The van der Waals surface area contributed by atoms with Gasteiger partial charge in [0.25, 0.3) is 0 Å². The van der Waals surface area contributed by atoms with Crippen LogP contribution >= 0.6 is 11.3 Å². The fraction of sp³-hybridized carbons (Fsp3) is 0.263. The third kappa shape index (κ3) is 3.19. The summed E-state index contributed by atoms with van der Waals surface area (Å²) < 4.78 is 0. The molecule has 1 unspecified atom stereocenters. The van der Waals surface area contributed by atoms with E-state index in [0.717, 1.165) is 12.1 Å². The van der Waals surface area contributed by atoms with Crippen molar-refractivity contribution in [3.05, 3.63) is 70.9 Å². The minimum atomic E-state index is 0.574. The van der Waals surface area contributed by atoms with Gasteiger partial charge in [-0.15, -0.1) is 0 Å². The lowest BCUT2D eigenvalue weighted by Crippen LogP contribution is -2.22. The van der Waals surface area contributed by atoms with Gasteiger partial charge in [-0.1, -0.05) is 18.2 Å². The van der Waals surface area contributed by atoms with Crippen molar-refractivity contribution in [3.8, 4) is 11.1 Å². The van der Waals surface area contributed by atoms with Gasteiger partial charge < -0.3 is 0 Å². The summed E-state index contributed by atoms with van der Waals surface area (Å²) >= 11 is 1.79. The molecular weight excluding hydrogens is 302 g/mol. The van der Waals surface area contributed by atoms with E-state index in [0.29, 0.717) is 6.04 Å². The van der Waals surface area contributed by atoms with E-state index in [1.807, 2.05) is 12.4 Å². The second-order valence-electron chi connectivity index (χ2n) is 6.01. The molecule has 1 aromatic carbocycles. The third-order valence-electron chi connectivity index (χ3n) is 4.50. The van der Waals surface area contributed by atoms with Gasteiger partial charge in [-0.25, -0.2) is 9.97 Å². The Morgan fingerprint density at radius 2 is 2.04 bits per heavy atom. The van der Waals surface area contributed by atoms with Gasteiger partial charge in [0, 0.05) is 30.5 Å². The van der Waals surface area contributed by atoms with Crippen molar-refractivity contribution in [2.45, 2.75) is 25.4 Å². The van der Waals surface area contributed by atoms with Crippen molar-refractivity contribution >= 4 is 11.3 Å². The van der Waals surface area contributed by atoms with Gasteiger partial charge >= 0.3 is 0 Å². The molecule has 1 aliphatic rings. The van der Waals surface area contributed by atoms with E-state index in [-0.39, 0.29) is 0 Å². The van der Waals surface area contributed by atoms with Crippen LogP contribution in [0.25, 0.3) is 11.1 Å². The van der Waals surface area contributed by atoms with E-state index in [2.05, 4.69) is 56.0 Å². The highest BCUT2D eigenvalue weighted by Gasteiger charge is 2.26. The molecule has 1 aliphatic heterocycles. The number of likely N-dealkylation sites (tertiary alicyclic amines) is 1. The van der Waals surface area contributed by atoms with Crippen LogP contribution in [-0.2, 0) is 6.54 Å². The predicted molar refractivity (Wildman–Crippen MR) is 94.2 cm³/mol. The Balaban J connectivity index is 1.55. The smallest absolute Gasteiger partial charge is 0.115 e. The highest BCUT2D eigenvalue weighted by Crippen LogP contribution is 2.34. The van der Waals surface area contributed by atoms with Crippen LogP contribution in [0.5, 0.6) is 0 Å². The van der Waals surface area contributed by atoms with Crippen molar-refractivity contribution in [1.29, 1.82) is 0 Å². The molecule has 0 radical (unpaired) electrons. The first-order chi connectivity index (χ1) is 11.4. The van der Waals surface area contributed by atoms with Gasteiger partial charge in [0.15, 0.2) is 0 Å². The first kappa shape index (κ1) is 14.5. The minimum absolute atomic E-state index is 0.574. The maximum Gasteiger partial charge on any atom is 0.115 e. The topological polar surface area (TPSA) is 29.0 Å². The van der Waals surface area contributed by atoms with Crippen LogP contribution in [0.2, 0.25) is 0 Å². The predicted octanol–water partition coefficient (Wildman–Crippen LogP) is 4.54. The van der Waals surface area contributed by atoms with Crippen LogP contribution in [0, 0.1) is 0 Å². The van der Waals surface area contributed by atoms with Gasteiger partial charge in [0.1, 0.15) is 6.33 Å². The van der Waals surface area contributed by atoms with E-state index < -0.39 is 0 Å². The molecule has 0 bridgehead atoms. The summed E-state index contributed by atoms with van der Waals surface area (Å²) in [7, 11) is 0. The quantitative estimate of drug-likeness (QED) is 0.706. The molecule has 3 nitrogen and oxygen atoms in total. The molecule has 0 N–H and O–H groups in total. The number of hydrogen-bond acceptors (Lipinski definition) is 4. The van der Waals surface area contributed by atoms with Crippen LogP contribution in [0.1, 0.15) is 30.0 Å². The monoisotopic (exact) mass is 321 g/mol. The van der Waals surface area contributed by atoms with Crippen LogP contribution in [0.3, 0.4) is 0 Å². The average molecular weight is 321 g/mol. The SMILES string of the molecule is c1cc(CN2CCCC2c2ccsc2)cc(-c2cncnc2)c1. The summed E-state index contributed by atoms with van der Waals surface area (Å²) in [5.74, 6) is 0. The number of nitrogens with zero attached hydrogens (tertiary/aromatic N) is 3. The van der Waals surface area contributed by atoms with Crippen molar-refractivity contribution < 1.29 is 0 Å². The van der Waals surface area contributed by atoms with Crippen LogP contribution < -0.4 is 0 Å². The normalized spacial score (nSPS) is 18.3. The van der Waals surface area contributed by atoms with E-state index in [4.69, 9.17) is 0 Å². The minimum Gasteiger partial charge on any atom is -0.292 e. The summed E-state index contributed by atoms with van der Waals surface area (Å²) in [6, 6.07) is 11.6. The first-order valence-corrected chi connectivity index (χ1v) is 8.95. The van der Waals surface area contributed by atoms with E-state index in [9.17, 15) is 0 Å². The van der Waals surface area contributed by atoms with Gasteiger partial charge in [0.2, 0.25) is 0 Å². The van der Waals surface area contributed by atoms with Crippen molar-refractivity contribution in [3.63, 3.8) is 0 Å². The summed E-state index contributed by atoms with van der Waals surface area (Å²) in [4.78, 5) is 10.8. The molecule has 0 aliphatic carbocycles. The van der Waals surface area contributed by atoms with Crippen molar-refractivity contribution in [2.24, 2.45) is 0 Å². The molecule has 3 aromatic rings. The van der Waals surface area contributed by atoms with Gasteiger partial charge in [-0.05, 0) is 59.0 Å². The lowest BCUT2D eigenvalue weighted by Gasteiger charge is -2.24. The summed E-state index contributed by atoms with van der Waals surface area (Å²) in [6.07, 6.45) is 7.87. The molecule has 2 aromatic heterocycles. The Morgan fingerprint density at radius 3 is 2.87 bits per heavy atom. The van der Waals surface area contributed by atoms with Gasteiger partial charge in [-0.3, -0.25) is 4.90 Å². The molecule has 23 heavy (non-hydrogen) atoms. The Bertz CT molecular complexity index is 755. The highest BCUT2D eigenvalue weighted by atomic mass is 32.1. The lowest BCUT2D eigenvalue weighted by molar-refractivity contribution is 0.249. The number of thiophene rings is 1. The zero-order valence-electron chi connectivity index (χ0n) is 12.9. The van der Waals surface area contributed by atoms with Crippen molar-refractivity contribution in [2.75, 3.05) is 6.54 Å². The number of hydrogen-bond donors (Lipinski definition) is 0. The molecule has 4 rings (SSSR count). The van der Waals surface area contributed by atoms with E-state index >= 15 is 0 Å². The second kappa shape index (κ2) is 6.60. The zero-order valence-corrected chi connectivity index (χ0v) is 13.7. The first-order valence-electron chi connectivity index (χ1n) is 8.00. The molecule has 1 atom stereocenters. The molecule has 3 heterocycles. The summed E-state index contributed by atoms with van der Waals surface area (Å²) in [5, 5.41) is 4.47. The number of benzene rings is 1. The third-order valence-corrected chi connectivity index (χ3v) is 5.20. The average Bonchev–Trinajstić information content (AvgIpc) is 3.27. The van der Waals surface area contributed by atoms with Crippen LogP contribution in [0.4, 0.5) is 0 Å². The fourth-order valence-corrected chi connectivity index (χ4v) is 4.10. The summed E-state index contributed by atoms with van der Waals surface area (Å²) in [6.45, 7) is 2.18. The molecule has 1 saturated heterocycles. The van der Waals surface area contributed by atoms with Crippen LogP contribution in [-0.4, -0.2) is 21.4 Å². The van der Waals surface area contributed by atoms with Crippen molar-refractivity contribution in [1.82, 2.24) is 14.9 Å². The van der Waals surface area contributed by atoms with E-state index in [1.54, 1.807) is 17.7 Å². The Morgan fingerprint density at radius 1 is 1.13 bits per heavy atom. The zero-order chi connectivity index (χ0) is 15.5. The van der Waals surface area contributed by atoms with Gasteiger partial charge in [0.05, 0.1) is 0 Å². The second-order valence-corrected chi connectivity index (χ2v) is 6.79. The van der Waals surface area contributed by atoms with Gasteiger partial charge in [-0.2, -0.15) is 11.3 Å². The number of rotatable bonds is 4. The molecule has 0 spiro atoms. The molecule has 116 valence electrons. The Hall–Kier alpha value is -2.04. The largest absolute Gasteiger partial charge is 0.292 e. The Labute approximate surface area is 140 Å². The molecule has 4 heteroatoms. The molecule has 1 fully saturated rings. The Kier molecular flexibility index (Phi) is 4.18. The molecule has 0 amide bonds. The maximum absolute atomic E-state index is 4.12. The number of aromatic nitrogens is 2. The lowest BCUT2D eigenvalue weighted by atomic mass is 10.0.